The van der Waals surface area contributed by atoms with Crippen LogP contribution in [0, 0.1) is 11.6 Å². The molecule has 18 rings (SSSR count). The second-order valence-corrected chi connectivity index (χ2v) is 34.6. The number of piperidine rings is 2. The Balaban J connectivity index is 0.000000159. The fourth-order valence-electron chi connectivity index (χ4n) is 18.8. The van der Waals surface area contributed by atoms with Gasteiger partial charge in [0.15, 0.2) is 11.3 Å². The molecule has 4 aromatic carbocycles. The minimum absolute atomic E-state index is 0.0605. The Hall–Kier alpha value is -13.3. The highest BCUT2D eigenvalue weighted by atomic mass is 19.1. The summed E-state index contributed by atoms with van der Waals surface area (Å²) in [5.41, 5.74) is 14.7. The van der Waals surface area contributed by atoms with E-state index in [0.29, 0.717) is 43.0 Å². The molecule has 10 aromatic rings. The van der Waals surface area contributed by atoms with Crippen molar-refractivity contribution in [2.75, 3.05) is 128 Å². The van der Waals surface area contributed by atoms with Crippen LogP contribution in [0.25, 0.3) is 34.1 Å². The number of aromatic nitrogens is 8. The second-order valence-electron chi connectivity index (χ2n) is 34.6. The maximum Gasteiger partial charge on any atom is 0.317 e. The predicted molar refractivity (Wildman–Crippen MR) is 491 cm³/mol. The lowest BCUT2D eigenvalue weighted by molar-refractivity contribution is -0.139. The van der Waals surface area contributed by atoms with Gasteiger partial charge in [-0.05, 0) is 191 Å². The Kier molecular flexibility index (Phi) is 29.5. The number of hydrogen-bond donors (Lipinski definition) is 6. The molecule has 6 fully saturated rings. The molecule has 8 amide bonds. The van der Waals surface area contributed by atoms with Gasteiger partial charge in [0.2, 0.25) is 23.6 Å². The molecule has 6 saturated heterocycles. The number of nitrogens with one attached hydrogen (secondary N) is 4. The zero-order chi connectivity index (χ0) is 91.0. The Morgan fingerprint density at radius 1 is 0.427 bits per heavy atom. The van der Waals surface area contributed by atoms with Crippen molar-refractivity contribution >= 4 is 105 Å². The lowest BCUT2D eigenvalue weighted by Gasteiger charge is -2.35. The molecule has 34 heteroatoms. The molecule has 0 saturated carbocycles. The molecule has 0 aliphatic carbocycles. The first-order valence-electron chi connectivity index (χ1n) is 46.0. The number of anilines is 6. The van der Waals surface area contributed by atoms with E-state index in [0.717, 1.165) is 252 Å². The number of carbonyl (C=O) groups is 10. The number of piperazine rings is 2. The number of ketones is 1. The van der Waals surface area contributed by atoms with Crippen LogP contribution in [0.4, 0.5) is 43.4 Å². The van der Waals surface area contributed by atoms with Gasteiger partial charge in [0.05, 0.1) is 71.2 Å². The number of pyridine rings is 2. The summed E-state index contributed by atoms with van der Waals surface area (Å²) in [6.45, 7) is 10.5. The van der Waals surface area contributed by atoms with Crippen molar-refractivity contribution in [2.24, 2.45) is 5.73 Å². The summed E-state index contributed by atoms with van der Waals surface area (Å²) in [4.78, 5) is 157. The highest BCUT2D eigenvalue weighted by Gasteiger charge is 2.47. The number of nitrogens with zero attached hydrogens (tertiary/aromatic N) is 16. The van der Waals surface area contributed by atoms with Crippen LogP contribution < -0.4 is 46.6 Å². The molecular formula is C97H111F2N21O11. The van der Waals surface area contributed by atoms with E-state index in [1.165, 1.54) is 31.4 Å². The van der Waals surface area contributed by atoms with Crippen LogP contribution in [0.2, 0.25) is 0 Å². The molecule has 131 heavy (non-hydrogen) atoms. The maximum absolute atomic E-state index is 14.1. The number of carboxylic acid groups (broad SMARTS) is 1. The molecule has 0 radical (unpaired) electrons. The Labute approximate surface area is 757 Å². The van der Waals surface area contributed by atoms with Crippen molar-refractivity contribution < 1.29 is 61.8 Å². The molecule has 0 bridgehead atoms. The molecular weight excluding hydrogens is 1670 g/mol. The number of Topliss-reactive ketones (excluding diaryl/α,β-unsaturated/α-hetero) is 1. The van der Waals surface area contributed by atoms with Crippen molar-refractivity contribution in [3.05, 3.63) is 203 Å². The van der Waals surface area contributed by atoms with Crippen LogP contribution in [-0.2, 0) is 28.8 Å². The summed E-state index contributed by atoms with van der Waals surface area (Å²) < 4.78 is 31.7. The van der Waals surface area contributed by atoms with Gasteiger partial charge in [0, 0.05) is 109 Å². The lowest BCUT2D eigenvalue weighted by atomic mass is 10.0. The number of aliphatic carboxylic acids is 1. The number of benzene rings is 4. The summed E-state index contributed by atoms with van der Waals surface area (Å²) in [5.74, 6) is -1.55. The first-order chi connectivity index (χ1) is 63.8. The summed E-state index contributed by atoms with van der Waals surface area (Å²) in [7, 11) is 0. The highest BCUT2D eigenvalue weighted by molar-refractivity contribution is 6.25. The quantitative estimate of drug-likeness (QED) is 0.0161. The SMILES string of the molecule is NCCCCCCCCNc1ccc2c(c1)C(=O)N(C1CCC(=O)NC1=O)C2=O.O=C(CCCCCCCCCNc1ccc2c(c1)C(=O)N(C1CCC(=O)NC1=O)C2=O)CN1CCN(c2cccc(-c3cnc4ccc(N5CCC[C@@H]5c5cccc(F)c5)nn34)n2)CC1.O=C(O)CN1CCN(c2cccc(-c3cnc4ccc(N5CCC[C@@H]5c5cccc(F)c5)nn34)n2)CC1. The molecule has 7 N–H and O–H groups in total. The Morgan fingerprint density at radius 3 is 1.28 bits per heavy atom. The van der Waals surface area contributed by atoms with E-state index in [1.54, 1.807) is 66.9 Å². The second kappa shape index (κ2) is 42.5. The third kappa shape index (κ3) is 21.7. The van der Waals surface area contributed by atoms with Crippen LogP contribution in [0.3, 0.4) is 0 Å². The van der Waals surface area contributed by atoms with E-state index in [4.69, 9.17) is 31.0 Å². The first-order valence-corrected chi connectivity index (χ1v) is 46.0. The average Bonchev–Trinajstić information content (AvgIpc) is 1.58. The van der Waals surface area contributed by atoms with Crippen molar-refractivity contribution in [3.8, 4) is 22.8 Å². The van der Waals surface area contributed by atoms with Gasteiger partial charge in [-0.3, -0.25) is 78.2 Å². The molecule has 684 valence electrons. The summed E-state index contributed by atoms with van der Waals surface area (Å²) in [5, 5.41) is 30.1. The van der Waals surface area contributed by atoms with E-state index in [2.05, 4.69) is 55.7 Å². The van der Waals surface area contributed by atoms with Crippen LogP contribution in [0.5, 0.6) is 0 Å². The maximum atomic E-state index is 14.1. The van der Waals surface area contributed by atoms with E-state index in [-0.39, 0.29) is 73.0 Å². The molecule has 8 aliphatic heterocycles. The van der Waals surface area contributed by atoms with Gasteiger partial charge < -0.3 is 41.1 Å². The Morgan fingerprint density at radius 2 is 0.847 bits per heavy atom. The fraction of sp³-hybridized carbons (Fsp3) is 0.423. The summed E-state index contributed by atoms with van der Waals surface area (Å²) in [6.07, 6.45) is 22.7. The normalized spacial score (nSPS) is 18.9. The number of imidazole rings is 2. The van der Waals surface area contributed by atoms with Gasteiger partial charge in [-0.25, -0.2) is 37.7 Å². The number of nitrogens with two attached hydrogens (primary N) is 1. The third-order valence-electron chi connectivity index (χ3n) is 25.7. The van der Waals surface area contributed by atoms with Gasteiger partial charge >= 0.3 is 5.97 Å². The monoisotopic (exact) mass is 1780 g/mol. The number of imide groups is 4. The molecule has 14 heterocycles. The molecule has 32 nitrogen and oxygen atoms in total. The van der Waals surface area contributed by atoms with Gasteiger partial charge in [0.1, 0.15) is 64.2 Å². The topological polar surface area (TPSA) is 377 Å². The van der Waals surface area contributed by atoms with Crippen LogP contribution in [0.15, 0.2) is 158 Å². The van der Waals surface area contributed by atoms with Crippen LogP contribution in [0.1, 0.15) is 206 Å². The van der Waals surface area contributed by atoms with Crippen LogP contribution in [-0.4, -0.2) is 233 Å². The van der Waals surface area contributed by atoms with E-state index in [9.17, 15) is 56.7 Å². The number of halogens is 2. The molecule has 6 aromatic heterocycles. The minimum atomic E-state index is -0.975. The average molecular weight is 1790 g/mol. The number of carboxylic acids is 1. The van der Waals surface area contributed by atoms with Gasteiger partial charge in [-0.15, -0.1) is 10.2 Å². The predicted octanol–water partition coefficient (Wildman–Crippen LogP) is 11.9. The van der Waals surface area contributed by atoms with E-state index < -0.39 is 59.4 Å². The van der Waals surface area contributed by atoms with Crippen molar-refractivity contribution in [3.63, 3.8) is 0 Å². The molecule has 0 spiro atoms. The van der Waals surface area contributed by atoms with Gasteiger partial charge in [-0.2, -0.15) is 0 Å². The number of hydrogen-bond acceptors (Lipinski definition) is 25. The van der Waals surface area contributed by atoms with Crippen molar-refractivity contribution in [2.45, 2.75) is 165 Å². The summed E-state index contributed by atoms with van der Waals surface area (Å²) >= 11 is 0. The fourth-order valence-corrected chi connectivity index (χ4v) is 18.8. The minimum Gasteiger partial charge on any atom is -0.480 e. The van der Waals surface area contributed by atoms with Gasteiger partial charge in [-0.1, -0.05) is 94.2 Å². The molecule has 2 unspecified atom stereocenters. The first kappa shape index (κ1) is 91.0. The van der Waals surface area contributed by atoms with Crippen LogP contribution >= 0.6 is 0 Å². The third-order valence-corrected chi connectivity index (χ3v) is 25.7. The van der Waals surface area contributed by atoms with E-state index >= 15 is 0 Å². The number of rotatable bonds is 34. The number of unbranched alkanes of at least 4 members (excludes halogenated alkanes) is 11. The summed E-state index contributed by atoms with van der Waals surface area (Å²) in [6, 6.07) is 41.9. The Bertz CT molecular complexity index is 5870. The lowest BCUT2D eigenvalue weighted by Crippen LogP contribution is -2.54. The largest absolute Gasteiger partial charge is 0.480 e. The number of amides is 8. The number of carbonyl (C=O) groups excluding carboxylic acids is 9. The van der Waals surface area contributed by atoms with Crippen molar-refractivity contribution in [1.29, 1.82) is 0 Å². The highest BCUT2D eigenvalue weighted by Crippen LogP contribution is 2.40. The van der Waals surface area contributed by atoms with Crippen molar-refractivity contribution in [1.82, 2.24) is 69.4 Å². The zero-order valence-corrected chi connectivity index (χ0v) is 73.5. The standard InChI is InChI=1S/C49H55FN10O5.C27H28FN7O2.C21H28N4O4/c50-34-12-8-11-33(29-34)40-15-10-24-58(40)45-21-20-43-52-31-42(60(43)55-45)39-14-9-16-44(53-39)57-27-25-56(26-28-57)32-36(61)13-6-4-2-1-3-5-7-23-51-35-17-18-37-38(30-35)49(65)59(48(37)64)41-19-22-46(62)54-47(41)63;28-20-5-1-4-19(16-20)22-7-3-11-34(22)26-10-9-24-29-17-23(35(24)31-26)21-6-2-8-25(30-21)33-14-12-32(13-15-33)18-27(36)37;22-11-5-3-1-2-4-6-12-23-14-7-8-15-16(13-14)21(29)25(20(15)28)17-9-10-18(26)24-19(17)27/h8-9,11-12,14,16-18,20-21,29-31,40-41,51H,1-7,10,13,15,19,22-28,32H2,(H,54,62,63);1-2,4-6,8-10,16-17,22H,3,7,11-15,18H2,(H,36,37);7-8,13,17,23H,1-6,9-12,22H2,(H,24,26,27)/t40-,41?;22-;/m11./s1. The smallest absolute Gasteiger partial charge is 0.317 e. The van der Waals surface area contributed by atoms with E-state index in [1.807, 2.05) is 92.9 Å². The molecule has 8 aliphatic rings. The molecule has 4 atom stereocenters. The number of fused-ring (bicyclic) bond motifs is 4. The zero-order valence-electron chi connectivity index (χ0n) is 73.5. The van der Waals surface area contributed by atoms with Gasteiger partial charge in [0.25, 0.3) is 23.6 Å².